The van der Waals surface area contributed by atoms with Crippen LogP contribution in [0, 0.1) is 10.1 Å². The zero-order valence-electron chi connectivity index (χ0n) is 14.0. The third-order valence-corrected chi connectivity index (χ3v) is 3.45. The topological polar surface area (TPSA) is 103 Å². The van der Waals surface area contributed by atoms with Gasteiger partial charge in [-0.3, -0.25) is 14.9 Å². The van der Waals surface area contributed by atoms with E-state index in [9.17, 15) is 14.9 Å². The lowest BCUT2D eigenvalue weighted by molar-refractivity contribution is -0.384. The number of benzene rings is 2. The minimum Gasteiger partial charge on any atom is -0.493 e. The fraction of sp³-hybridized carbons (Fsp3) is 0.176. The molecular formula is C17H17N3O5. The van der Waals surface area contributed by atoms with Gasteiger partial charge in [0, 0.05) is 23.3 Å². The highest BCUT2D eigenvalue weighted by Gasteiger charge is 2.11. The van der Waals surface area contributed by atoms with Crippen LogP contribution in [0.5, 0.6) is 11.5 Å². The number of nitro groups is 1. The van der Waals surface area contributed by atoms with E-state index in [0.29, 0.717) is 28.3 Å². The van der Waals surface area contributed by atoms with Gasteiger partial charge >= 0.3 is 0 Å². The fourth-order valence-corrected chi connectivity index (χ4v) is 2.09. The first kappa shape index (κ1) is 17.9. The third kappa shape index (κ3) is 4.31. The first-order valence-corrected chi connectivity index (χ1v) is 7.27. The predicted molar refractivity (Wildman–Crippen MR) is 92.3 cm³/mol. The highest BCUT2D eigenvalue weighted by molar-refractivity contribution is 6.01. The second-order valence-corrected chi connectivity index (χ2v) is 5.02. The van der Waals surface area contributed by atoms with E-state index < -0.39 is 10.8 Å². The molecule has 1 amide bonds. The summed E-state index contributed by atoms with van der Waals surface area (Å²) >= 11 is 0. The van der Waals surface area contributed by atoms with E-state index in [4.69, 9.17) is 9.47 Å². The number of carbonyl (C=O) groups is 1. The second-order valence-electron chi connectivity index (χ2n) is 5.02. The summed E-state index contributed by atoms with van der Waals surface area (Å²) in [5.41, 5.74) is 3.70. The highest BCUT2D eigenvalue weighted by Crippen LogP contribution is 2.27. The lowest BCUT2D eigenvalue weighted by Crippen LogP contribution is -2.19. The standard InChI is InChI=1S/C17H17N3O5/c1-11(12-5-4-6-14(9-12)20(22)23)18-19-17(21)13-7-8-15(24-2)16(10-13)25-3/h4-10H,1-3H3,(H,19,21)/b18-11-. The van der Waals surface area contributed by atoms with Crippen LogP contribution in [0.4, 0.5) is 5.69 Å². The molecule has 0 saturated carbocycles. The van der Waals surface area contributed by atoms with Gasteiger partial charge in [0.1, 0.15) is 0 Å². The van der Waals surface area contributed by atoms with Crippen molar-refractivity contribution in [3.05, 3.63) is 63.7 Å². The maximum atomic E-state index is 12.2. The number of hydrogen-bond donors (Lipinski definition) is 1. The van der Waals surface area contributed by atoms with Gasteiger partial charge in [-0.05, 0) is 25.1 Å². The Balaban J connectivity index is 2.16. The van der Waals surface area contributed by atoms with Crippen LogP contribution in [-0.4, -0.2) is 30.8 Å². The monoisotopic (exact) mass is 343 g/mol. The van der Waals surface area contributed by atoms with E-state index in [1.54, 1.807) is 31.2 Å². The Morgan fingerprint density at radius 1 is 1.08 bits per heavy atom. The molecule has 0 atom stereocenters. The van der Waals surface area contributed by atoms with Crippen molar-refractivity contribution in [1.82, 2.24) is 5.43 Å². The summed E-state index contributed by atoms with van der Waals surface area (Å²) in [4.78, 5) is 22.5. The van der Waals surface area contributed by atoms with Crippen molar-refractivity contribution in [1.29, 1.82) is 0 Å². The maximum absolute atomic E-state index is 12.2. The molecule has 0 aliphatic rings. The fourth-order valence-electron chi connectivity index (χ4n) is 2.09. The molecule has 0 radical (unpaired) electrons. The van der Waals surface area contributed by atoms with Gasteiger partial charge in [0.2, 0.25) is 0 Å². The largest absolute Gasteiger partial charge is 0.493 e. The van der Waals surface area contributed by atoms with Crippen LogP contribution in [0.2, 0.25) is 0 Å². The number of carbonyl (C=O) groups excluding carboxylic acids is 1. The number of nitro benzene ring substituents is 1. The number of nitrogens with one attached hydrogen (secondary N) is 1. The molecule has 130 valence electrons. The SMILES string of the molecule is COc1ccc(C(=O)N/N=C(/C)c2cccc([N+](=O)[O-])c2)cc1OC. The number of hydrazone groups is 1. The summed E-state index contributed by atoms with van der Waals surface area (Å²) in [5, 5.41) is 14.8. The molecule has 8 heteroatoms. The van der Waals surface area contributed by atoms with Crippen LogP contribution in [0.15, 0.2) is 47.6 Å². The van der Waals surface area contributed by atoms with Gasteiger partial charge in [-0.25, -0.2) is 5.43 Å². The summed E-state index contributed by atoms with van der Waals surface area (Å²) in [6.45, 7) is 1.65. The van der Waals surface area contributed by atoms with Crippen molar-refractivity contribution in [2.45, 2.75) is 6.92 Å². The molecular weight excluding hydrogens is 326 g/mol. The molecule has 0 saturated heterocycles. The number of non-ortho nitro benzene ring substituents is 1. The van der Waals surface area contributed by atoms with Gasteiger partial charge < -0.3 is 9.47 Å². The number of amides is 1. The van der Waals surface area contributed by atoms with Crippen LogP contribution in [-0.2, 0) is 0 Å². The molecule has 8 nitrogen and oxygen atoms in total. The summed E-state index contributed by atoms with van der Waals surface area (Å²) < 4.78 is 10.3. The average molecular weight is 343 g/mol. The van der Waals surface area contributed by atoms with E-state index in [1.807, 2.05) is 0 Å². The molecule has 2 rings (SSSR count). The van der Waals surface area contributed by atoms with Crippen molar-refractivity contribution in [2.75, 3.05) is 14.2 Å². The van der Waals surface area contributed by atoms with E-state index in [1.165, 1.54) is 32.4 Å². The molecule has 0 fully saturated rings. The van der Waals surface area contributed by atoms with Gasteiger partial charge in [0.05, 0.1) is 24.9 Å². The average Bonchev–Trinajstić information content (AvgIpc) is 2.65. The summed E-state index contributed by atoms with van der Waals surface area (Å²) in [7, 11) is 2.98. The molecule has 0 aliphatic carbocycles. The maximum Gasteiger partial charge on any atom is 0.271 e. The normalized spacial score (nSPS) is 10.9. The number of nitrogens with zero attached hydrogens (tertiary/aromatic N) is 2. The number of ether oxygens (including phenoxy) is 2. The van der Waals surface area contributed by atoms with E-state index in [0.717, 1.165) is 0 Å². The molecule has 25 heavy (non-hydrogen) atoms. The first-order chi connectivity index (χ1) is 12.0. The molecule has 0 aliphatic heterocycles. The molecule has 0 unspecified atom stereocenters. The van der Waals surface area contributed by atoms with Crippen LogP contribution in [0.3, 0.4) is 0 Å². The zero-order chi connectivity index (χ0) is 18.4. The quantitative estimate of drug-likeness (QED) is 0.493. The Kier molecular flexibility index (Phi) is 5.67. The van der Waals surface area contributed by atoms with Crippen molar-refractivity contribution in [2.24, 2.45) is 5.10 Å². The predicted octanol–water partition coefficient (Wildman–Crippen LogP) is 2.77. The van der Waals surface area contributed by atoms with Crippen LogP contribution < -0.4 is 14.9 Å². The van der Waals surface area contributed by atoms with Gasteiger partial charge in [0.15, 0.2) is 11.5 Å². The van der Waals surface area contributed by atoms with E-state index in [2.05, 4.69) is 10.5 Å². The van der Waals surface area contributed by atoms with Gasteiger partial charge in [-0.2, -0.15) is 5.10 Å². The highest BCUT2D eigenvalue weighted by atomic mass is 16.6. The molecule has 2 aromatic rings. The zero-order valence-corrected chi connectivity index (χ0v) is 14.0. The summed E-state index contributed by atoms with van der Waals surface area (Å²) in [5.74, 6) is 0.496. The lowest BCUT2D eigenvalue weighted by Gasteiger charge is -2.09. The number of hydrogen-bond acceptors (Lipinski definition) is 6. The van der Waals surface area contributed by atoms with Crippen molar-refractivity contribution < 1.29 is 19.2 Å². The van der Waals surface area contributed by atoms with Gasteiger partial charge in [-0.15, -0.1) is 0 Å². The lowest BCUT2D eigenvalue weighted by atomic mass is 10.1. The summed E-state index contributed by atoms with van der Waals surface area (Å²) in [6, 6.07) is 10.7. The Hall–Kier alpha value is -3.42. The third-order valence-electron chi connectivity index (χ3n) is 3.45. The molecule has 2 aromatic carbocycles. The summed E-state index contributed by atoms with van der Waals surface area (Å²) in [6.07, 6.45) is 0. The number of rotatable bonds is 6. The van der Waals surface area contributed by atoms with Crippen molar-refractivity contribution >= 4 is 17.3 Å². The van der Waals surface area contributed by atoms with Crippen molar-refractivity contribution in [3.63, 3.8) is 0 Å². The molecule has 0 bridgehead atoms. The van der Waals surface area contributed by atoms with Gasteiger partial charge in [-0.1, -0.05) is 12.1 Å². The van der Waals surface area contributed by atoms with Crippen LogP contribution in [0.1, 0.15) is 22.8 Å². The van der Waals surface area contributed by atoms with E-state index >= 15 is 0 Å². The smallest absolute Gasteiger partial charge is 0.271 e. The van der Waals surface area contributed by atoms with Crippen LogP contribution in [0.25, 0.3) is 0 Å². The van der Waals surface area contributed by atoms with Crippen molar-refractivity contribution in [3.8, 4) is 11.5 Å². The Bertz CT molecular complexity index is 833. The molecule has 1 N–H and O–H groups in total. The van der Waals surface area contributed by atoms with E-state index in [-0.39, 0.29) is 5.69 Å². The molecule has 0 aromatic heterocycles. The minimum absolute atomic E-state index is 0.0433. The Morgan fingerprint density at radius 2 is 1.80 bits per heavy atom. The molecule has 0 heterocycles. The second kappa shape index (κ2) is 7.91. The first-order valence-electron chi connectivity index (χ1n) is 7.27. The number of methoxy groups -OCH3 is 2. The Labute approximate surface area is 144 Å². The molecule has 0 spiro atoms. The Morgan fingerprint density at radius 3 is 2.44 bits per heavy atom. The van der Waals surface area contributed by atoms with Gasteiger partial charge in [0.25, 0.3) is 11.6 Å². The van der Waals surface area contributed by atoms with Crippen LogP contribution >= 0.6 is 0 Å². The minimum atomic E-state index is -0.487.